The van der Waals surface area contributed by atoms with Crippen molar-refractivity contribution in [1.29, 1.82) is 0 Å². The molecule has 3 aromatic rings. The Labute approximate surface area is 191 Å². The lowest BCUT2D eigenvalue weighted by Gasteiger charge is -2.26. The van der Waals surface area contributed by atoms with Crippen LogP contribution < -0.4 is 5.32 Å². The van der Waals surface area contributed by atoms with Crippen LogP contribution in [0.5, 0.6) is 0 Å². The number of amides is 1. The maximum absolute atomic E-state index is 13.0. The molecule has 1 unspecified atom stereocenters. The number of ether oxygens (including phenoxy) is 1. The third-order valence-electron chi connectivity index (χ3n) is 5.29. The molecule has 11 heteroatoms. The van der Waals surface area contributed by atoms with Gasteiger partial charge in [-0.1, -0.05) is 11.8 Å². The van der Waals surface area contributed by atoms with Gasteiger partial charge in [0, 0.05) is 19.6 Å². The lowest BCUT2D eigenvalue weighted by atomic mass is 10.2. The van der Waals surface area contributed by atoms with Gasteiger partial charge in [0.15, 0.2) is 5.16 Å². The van der Waals surface area contributed by atoms with Crippen LogP contribution in [0.4, 0.5) is 0 Å². The lowest BCUT2D eigenvalue weighted by Crippen LogP contribution is -2.40. The highest BCUT2D eigenvalue weighted by Gasteiger charge is 2.27. The van der Waals surface area contributed by atoms with Gasteiger partial charge in [-0.15, -0.1) is 0 Å². The first-order chi connectivity index (χ1) is 15.4. The summed E-state index contributed by atoms with van der Waals surface area (Å²) in [5.74, 6) is 0.746. The van der Waals surface area contributed by atoms with E-state index in [1.54, 1.807) is 30.5 Å². The van der Waals surface area contributed by atoms with Gasteiger partial charge in [0.2, 0.25) is 15.9 Å². The van der Waals surface area contributed by atoms with Gasteiger partial charge >= 0.3 is 0 Å². The number of rotatable bonds is 8. The van der Waals surface area contributed by atoms with E-state index in [0.29, 0.717) is 49.3 Å². The minimum Gasteiger partial charge on any atom is -0.467 e. The van der Waals surface area contributed by atoms with Crippen molar-refractivity contribution in [1.82, 2.24) is 19.2 Å². The van der Waals surface area contributed by atoms with Crippen molar-refractivity contribution in [2.75, 3.05) is 32.1 Å². The molecule has 1 fully saturated rings. The van der Waals surface area contributed by atoms with E-state index in [1.165, 1.54) is 16.1 Å². The van der Waals surface area contributed by atoms with E-state index < -0.39 is 10.0 Å². The second-order valence-corrected chi connectivity index (χ2v) is 10.3. The summed E-state index contributed by atoms with van der Waals surface area (Å²) in [5.41, 5.74) is 1.42. The van der Waals surface area contributed by atoms with E-state index in [-0.39, 0.29) is 22.6 Å². The molecular weight excluding hydrogens is 452 g/mol. The van der Waals surface area contributed by atoms with Crippen molar-refractivity contribution in [2.45, 2.75) is 36.5 Å². The zero-order valence-electron chi connectivity index (χ0n) is 18.0. The third kappa shape index (κ3) is 4.70. The van der Waals surface area contributed by atoms with Crippen LogP contribution >= 0.6 is 11.8 Å². The minimum atomic E-state index is -3.60. The summed E-state index contributed by atoms with van der Waals surface area (Å²) in [4.78, 5) is 17.2. The number of furan rings is 1. The highest BCUT2D eigenvalue weighted by Crippen LogP contribution is 2.27. The van der Waals surface area contributed by atoms with E-state index in [9.17, 15) is 13.2 Å². The lowest BCUT2D eigenvalue weighted by molar-refractivity contribution is -0.119. The maximum Gasteiger partial charge on any atom is 0.243 e. The van der Waals surface area contributed by atoms with Crippen molar-refractivity contribution < 1.29 is 22.4 Å². The van der Waals surface area contributed by atoms with Gasteiger partial charge in [0.05, 0.1) is 47.2 Å². The molecule has 9 nitrogen and oxygen atoms in total. The molecule has 1 aromatic carbocycles. The first kappa shape index (κ1) is 22.8. The highest BCUT2D eigenvalue weighted by atomic mass is 32.2. The number of benzene rings is 1. The number of aromatic nitrogens is 2. The zero-order valence-corrected chi connectivity index (χ0v) is 19.6. The molecule has 1 aliphatic rings. The summed E-state index contributed by atoms with van der Waals surface area (Å²) in [6.45, 7) is 5.98. The molecule has 0 bridgehead atoms. The largest absolute Gasteiger partial charge is 0.467 e. The van der Waals surface area contributed by atoms with Crippen LogP contribution in [0.25, 0.3) is 11.0 Å². The number of aryl methyl sites for hydroxylation is 1. The number of sulfonamides is 1. The van der Waals surface area contributed by atoms with Crippen LogP contribution in [0.2, 0.25) is 0 Å². The molecule has 0 radical (unpaired) electrons. The number of nitrogens with zero attached hydrogens (tertiary/aromatic N) is 3. The van der Waals surface area contributed by atoms with E-state index in [2.05, 4.69) is 10.3 Å². The Balaban J connectivity index is 1.50. The van der Waals surface area contributed by atoms with Gasteiger partial charge in [-0.2, -0.15) is 4.31 Å². The molecule has 3 heterocycles. The average molecular weight is 479 g/mol. The van der Waals surface area contributed by atoms with E-state index in [0.717, 1.165) is 5.52 Å². The Morgan fingerprint density at radius 2 is 2.06 bits per heavy atom. The molecule has 1 N–H and O–H groups in total. The summed E-state index contributed by atoms with van der Waals surface area (Å²) < 4.78 is 40.0. The Morgan fingerprint density at radius 1 is 1.28 bits per heavy atom. The molecule has 0 spiro atoms. The number of nitrogens with one attached hydrogen (secondary N) is 1. The summed E-state index contributed by atoms with van der Waals surface area (Å²) in [6.07, 6.45) is 1.57. The molecule has 1 saturated heterocycles. The monoisotopic (exact) mass is 478 g/mol. The molecule has 172 valence electrons. The first-order valence-electron chi connectivity index (χ1n) is 10.4. The Morgan fingerprint density at radius 3 is 2.75 bits per heavy atom. The summed E-state index contributed by atoms with van der Waals surface area (Å²) in [5, 5.41) is 3.57. The summed E-state index contributed by atoms with van der Waals surface area (Å²) in [7, 11) is -3.60. The topological polar surface area (TPSA) is 107 Å². The smallest absolute Gasteiger partial charge is 0.243 e. The van der Waals surface area contributed by atoms with Crippen LogP contribution in [0.3, 0.4) is 0 Å². The number of hydrogen-bond acceptors (Lipinski definition) is 7. The van der Waals surface area contributed by atoms with Gasteiger partial charge < -0.3 is 19.0 Å². The third-order valence-corrected chi connectivity index (χ3v) is 8.16. The second kappa shape index (κ2) is 9.65. The van der Waals surface area contributed by atoms with Crippen molar-refractivity contribution in [3.8, 4) is 0 Å². The standard InChI is InChI=1S/C21H26N4O5S2/c1-3-25-18-7-6-16(32(27,28)24-8-11-29-12-9-24)13-17(18)23-21(25)31-14-20(26)22-15(2)19-5-4-10-30-19/h4-7,10,13,15H,3,8-9,11-12,14H2,1-2H3,(H,22,26). The fraction of sp³-hybridized carbons (Fsp3) is 0.429. The van der Waals surface area contributed by atoms with Gasteiger partial charge in [-0.05, 0) is 44.2 Å². The van der Waals surface area contributed by atoms with Crippen LogP contribution in [0, 0.1) is 0 Å². The molecular formula is C21H26N4O5S2. The van der Waals surface area contributed by atoms with Gasteiger partial charge in [0.1, 0.15) is 5.76 Å². The van der Waals surface area contributed by atoms with E-state index >= 15 is 0 Å². The highest BCUT2D eigenvalue weighted by molar-refractivity contribution is 7.99. The summed E-state index contributed by atoms with van der Waals surface area (Å²) in [6, 6.07) is 8.38. The molecule has 0 saturated carbocycles. The number of thioether (sulfide) groups is 1. The number of carbonyl (C=O) groups excluding carboxylic acids is 1. The predicted octanol–water partition coefficient (Wildman–Crippen LogP) is 2.64. The first-order valence-corrected chi connectivity index (χ1v) is 12.9. The number of fused-ring (bicyclic) bond motifs is 1. The normalized spacial score (nSPS) is 16.3. The summed E-state index contributed by atoms with van der Waals surface area (Å²) >= 11 is 1.32. The van der Waals surface area contributed by atoms with Gasteiger partial charge in [-0.3, -0.25) is 4.79 Å². The molecule has 1 aliphatic heterocycles. The number of hydrogen-bond donors (Lipinski definition) is 1. The molecule has 1 amide bonds. The van der Waals surface area contributed by atoms with E-state index in [1.807, 2.05) is 24.5 Å². The molecule has 1 atom stereocenters. The Hall–Kier alpha value is -2.34. The number of imidazole rings is 1. The van der Waals surface area contributed by atoms with Crippen molar-refractivity contribution >= 4 is 38.7 Å². The van der Waals surface area contributed by atoms with E-state index in [4.69, 9.17) is 9.15 Å². The molecule has 2 aromatic heterocycles. The molecule has 4 rings (SSSR count). The number of carbonyl (C=O) groups is 1. The van der Waals surface area contributed by atoms with Crippen LogP contribution in [0.15, 0.2) is 51.1 Å². The Bertz CT molecular complexity index is 1180. The number of morpholine rings is 1. The average Bonchev–Trinajstić information content (AvgIpc) is 3.45. The van der Waals surface area contributed by atoms with Crippen molar-refractivity contribution in [2.24, 2.45) is 0 Å². The van der Waals surface area contributed by atoms with Crippen LogP contribution in [-0.4, -0.2) is 60.2 Å². The minimum absolute atomic E-state index is 0.135. The molecule has 32 heavy (non-hydrogen) atoms. The Kier molecular flexibility index (Phi) is 6.89. The van der Waals surface area contributed by atoms with Gasteiger partial charge in [-0.25, -0.2) is 13.4 Å². The quantitative estimate of drug-likeness (QED) is 0.496. The molecule has 0 aliphatic carbocycles. The fourth-order valence-electron chi connectivity index (χ4n) is 3.62. The van der Waals surface area contributed by atoms with Crippen molar-refractivity contribution in [3.05, 3.63) is 42.4 Å². The van der Waals surface area contributed by atoms with Crippen LogP contribution in [0.1, 0.15) is 25.6 Å². The predicted molar refractivity (Wildman–Crippen MR) is 121 cm³/mol. The maximum atomic E-state index is 13.0. The van der Waals surface area contributed by atoms with Crippen LogP contribution in [-0.2, 0) is 26.1 Å². The van der Waals surface area contributed by atoms with Crippen molar-refractivity contribution in [3.63, 3.8) is 0 Å². The zero-order chi connectivity index (χ0) is 22.7. The second-order valence-electron chi connectivity index (χ2n) is 7.40. The van der Waals surface area contributed by atoms with Gasteiger partial charge in [0.25, 0.3) is 0 Å². The SMILES string of the molecule is CCn1c(SCC(=O)NC(C)c2ccco2)nc2cc(S(=O)(=O)N3CCOCC3)ccc21. The fourth-order valence-corrected chi connectivity index (χ4v) is 5.94.